The third kappa shape index (κ3) is 4.47. The third-order valence-electron chi connectivity index (χ3n) is 4.56. The van der Waals surface area contributed by atoms with Gasteiger partial charge in [-0.15, -0.1) is 0 Å². The van der Waals surface area contributed by atoms with E-state index < -0.39 is 11.9 Å². The van der Waals surface area contributed by atoms with Crippen LogP contribution in [0.4, 0.5) is 5.69 Å². The Balaban J connectivity index is 2.11. The minimum atomic E-state index is -1.01. The molecule has 1 aromatic rings. The van der Waals surface area contributed by atoms with Gasteiger partial charge in [0.05, 0.1) is 17.4 Å². The van der Waals surface area contributed by atoms with Crippen LogP contribution in [0.1, 0.15) is 37.0 Å². The van der Waals surface area contributed by atoms with Gasteiger partial charge in [0.2, 0.25) is 11.8 Å². The molecule has 6 heteroatoms. The van der Waals surface area contributed by atoms with E-state index in [-0.39, 0.29) is 23.3 Å². The third-order valence-corrected chi connectivity index (χ3v) is 4.56. The zero-order valence-electron chi connectivity index (χ0n) is 14.6. The van der Waals surface area contributed by atoms with Crippen molar-refractivity contribution in [2.75, 3.05) is 18.4 Å². The molecule has 2 rings (SSSR count). The summed E-state index contributed by atoms with van der Waals surface area (Å²) in [5.74, 6) is -1.99. The summed E-state index contributed by atoms with van der Waals surface area (Å²) in [5, 5.41) is 11.7. The van der Waals surface area contributed by atoms with E-state index in [2.05, 4.69) is 5.32 Å². The maximum absolute atomic E-state index is 12.7. The lowest BCUT2D eigenvalue weighted by Gasteiger charge is -2.31. The lowest BCUT2D eigenvalue weighted by atomic mass is 9.81. The second kappa shape index (κ2) is 8.46. The number of carbonyl (C=O) groups excluding carboxylic acids is 2. The summed E-state index contributed by atoms with van der Waals surface area (Å²) in [7, 11) is 0. The van der Waals surface area contributed by atoms with Crippen LogP contribution >= 0.6 is 0 Å². The van der Waals surface area contributed by atoms with Gasteiger partial charge in [-0.2, -0.15) is 0 Å². The summed E-state index contributed by atoms with van der Waals surface area (Å²) in [4.78, 5) is 38.0. The zero-order chi connectivity index (χ0) is 18.4. The van der Waals surface area contributed by atoms with E-state index in [1.54, 1.807) is 17.0 Å². The molecule has 2 unspecified atom stereocenters. The van der Waals surface area contributed by atoms with E-state index >= 15 is 0 Å². The van der Waals surface area contributed by atoms with E-state index in [1.165, 1.54) is 12.1 Å². The summed E-state index contributed by atoms with van der Waals surface area (Å²) in [5.41, 5.74) is 0.687. The minimum Gasteiger partial charge on any atom is -0.478 e. The van der Waals surface area contributed by atoms with Crippen LogP contribution in [0.5, 0.6) is 0 Å². The van der Waals surface area contributed by atoms with Crippen molar-refractivity contribution in [3.8, 4) is 0 Å². The lowest BCUT2D eigenvalue weighted by molar-refractivity contribution is -0.140. The molecule has 1 aromatic carbocycles. The fourth-order valence-electron chi connectivity index (χ4n) is 3.08. The molecule has 0 heterocycles. The van der Waals surface area contributed by atoms with Gasteiger partial charge in [-0.25, -0.2) is 4.79 Å². The predicted molar refractivity (Wildman–Crippen MR) is 95.3 cm³/mol. The van der Waals surface area contributed by atoms with E-state index in [4.69, 9.17) is 5.11 Å². The number of anilines is 1. The van der Waals surface area contributed by atoms with E-state index in [0.717, 1.165) is 0 Å². The predicted octanol–water partition coefficient (Wildman–Crippen LogP) is 2.77. The zero-order valence-corrected chi connectivity index (χ0v) is 14.6. The Morgan fingerprint density at radius 3 is 2.12 bits per heavy atom. The van der Waals surface area contributed by atoms with Crippen LogP contribution in [0, 0.1) is 11.8 Å². The second-order valence-corrected chi connectivity index (χ2v) is 6.04. The molecule has 1 aliphatic rings. The monoisotopic (exact) mass is 344 g/mol. The normalized spacial score (nSPS) is 19.3. The summed E-state index contributed by atoms with van der Waals surface area (Å²) < 4.78 is 0. The molecule has 6 nitrogen and oxygen atoms in total. The Hall–Kier alpha value is -2.63. The second-order valence-electron chi connectivity index (χ2n) is 6.04. The number of carboxylic acid groups (broad SMARTS) is 1. The SMILES string of the molecule is CCN(CC)C(=O)C1CC=CCC1C(=O)Nc1ccc(C(=O)O)cc1. The molecule has 0 fully saturated rings. The molecule has 2 amide bonds. The van der Waals surface area contributed by atoms with Gasteiger partial charge in [0, 0.05) is 18.8 Å². The van der Waals surface area contributed by atoms with E-state index in [9.17, 15) is 14.4 Å². The van der Waals surface area contributed by atoms with Crippen LogP contribution < -0.4 is 5.32 Å². The molecule has 0 spiro atoms. The number of benzene rings is 1. The molecule has 0 bridgehead atoms. The molecule has 25 heavy (non-hydrogen) atoms. The van der Waals surface area contributed by atoms with Crippen molar-refractivity contribution >= 4 is 23.5 Å². The minimum absolute atomic E-state index is 0.00993. The number of nitrogens with one attached hydrogen (secondary N) is 1. The number of aromatic carboxylic acids is 1. The number of carbonyl (C=O) groups is 3. The molecule has 1 aliphatic carbocycles. The quantitative estimate of drug-likeness (QED) is 0.777. The van der Waals surface area contributed by atoms with Crippen LogP contribution in [-0.2, 0) is 9.59 Å². The fourth-order valence-corrected chi connectivity index (χ4v) is 3.08. The van der Waals surface area contributed by atoms with Crippen molar-refractivity contribution < 1.29 is 19.5 Å². The Morgan fingerprint density at radius 2 is 1.60 bits per heavy atom. The van der Waals surface area contributed by atoms with Crippen LogP contribution in [-0.4, -0.2) is 40.9 Å². The molecular weight excluding hydrogens is 320 g/mol. The standard InChI is InChI=1S/C19H24N2O4/c1-3-21(4-2)18(23)16-8-6-5-7-15(16)17(22)20-14-11-9-13(10-12-14)19(24)25/h5-6,9-12,15-16H,3-4,7-8H2,1-2H3,(H,20,22)(H,24,25). The highest BCUT2D eigenvalue weighted by molar-refractivity contribution is 5.97. The van der Waals surface area contributed by atoms with Gasteiger partial charge in [-0.1, -0.05) is 12.2 Å². The summed E-state index contributed by atoms with van der Waals surface area (Å²) in [6.07, 6.45) is 4.98. The van der Waals surface area contributed by atoms with Gasteiger partial charge in [0.15, 0.2) is 0 Å². The molecule has 0 saturated carbocycles. The van der Waals surface area contributed by atoms with E-state index in [0.29, 0.717) is 31.6 Å². The Kier molecular flexibility index (Phi) is 6.33. The molecule has 134 valence electrons. The highest BCUT2D eigenvalue weighted by Gasteiger charge is 2.35. The summed E-state index contributed by atoms with van der Waals surface area (Å²) in [6, 6.07) is 6.00. The number of nitrogens with zero attached hydrogens (tertiary/aromatic N) is 1. The van der Waals surface area contributed by atoms with Gasteiger partial charge in [-0.05, 0) is 51.0 Å². The smallest absolute Gasteiger partial charge is 0.335 e. The van der Waals surface area contributed by atoms with Crippen LogP contribution in [0.3, 0.4) is 0 Å². The number of carboxylic acids is 1. The largest absolute Gasteiger partial charge is 0.478 e. The van der Waals surface area contributed by atoms with Gasteiger partial charge >= 0.3 is 5.97 Å². The van der Waals surface area contributed by atoms with Crippen molar-refractivity contribution in [2.24, 2.45) is 11.8 Å². The number of hydrogen-bond donors (Lipinski definition) is 2. The van der Waals surface area contributed by atoms with Gasteiger partial charge < -0.3 is 15.3 Å². The van der Waals surface area contributed by atoms with Crippen molar-refractivity contribution in [3.05, 3.63) is 42.0 Å². The number of rotatable bonds is 6. The molecule has 2 atom stereocenters. The maximum atomic E-state index is 12.7. The Labute approximate surface area is 147 Å². The Morgan fingerprint density at radius 1 is 1.04 bits per heavy atom. The van der Waals surface area contributed by atoms with Crippen molar-refractivity contribution in [1.82, 2.24) is 4.90 Å². The first-order valence-corrected chi connectivity index (χ1v) is 8.55. The molecule has 0 aliphatic heterocycles. The first-order valence-electron chi connectivity index (χ1n) is 8.55. The molecule has 2 N–H and O–H groups in total. The molecule has 0 saturated heterocycles. The average molecular weight is 344 g/mol. The van der Waals surface area contributed by atoms with E-state index in [1.807, 2.05) is 26.0 Å². The average Bonchev–Trinajstić information content (AvgIpc) is 2.63. The topological polar surface area (TPSA) is 86.7 Å². The fraction of sp³-hybridized carbons (Fsp3) is 0.421. The lowest BCUT2D eigenvalue weighted by Crippen LogP contribution is -2.43. The number of amides is 2. The first kappa shape index (κ1) is 18.7. The molecular formula is C19H24N2O4. The van der Waals surface area contributed by atoms with Crippen LogP contribution in [0.15, 0.2) is 36.4 Å². The molecule has 0 aromatic heterocycles. The van der Waals surface area contributed by atoms with Gasteiger partial charge in [-0.3, -0.25) is 9.59 Å². The van der Waals surface area contributed by atoms with Crippen molar-refractivity contribution in [1.29, 1.82) is 0 Å². The van der Waals surface area contributed by atoms with Crippen molar-refractivity contribution in [2.45, 2.75) is 26.7 Å². The van der Waals surface area contributed by atoms with Gasteiger partial charge in [0.25, 0.3) is 0 Å². The number of hydrogen-bond acceptors (Lipinski definition) is 3. The highest BCUT2D eigenvalue weighted by Crippen LogP contribution is 2.29. The van der Waals surface area contributed by atoms with Crippen molar-refractivity contribution in [3.63, 3.8) is 0 Å². The first-order chi connectivity index (χ1) is 12.0. The highest BCUT2D eigenvalue weighted by atomic mass is 16.4. The summed E-state index contributed by atoms with van der Waals surface area (Å²) in [6.45, 7) is 5.11. The maximum Gasteiger partial charge on any atom is 0.335 e. The molecule has 0 radical (unpaired) electrons. The number of allylic oxidation sites excluding steroid dienone is 2. The Bertz CT molecular complexity index is 663. The van der Waals surface area contributed by atoms with Crippen LogP contribution in [0.25, 0.3) is 0 Å². The van der Waals surface area contributed by atoms with Crippen LogP contribution in [0.2, 0.25) is 0 Å². The summed E-state index contributed by atoms with van der Waals surface area (Å²) >= 11 is 0. The van der Waals surface area contributed by atoms with Gasteiger partial charge in [0.1, 0.15) is 0 Å².